The summed E-state index contributed by atoms with van der Waals surface area (Å²) >= 11 is 3.51. The molecule has 0 spiro atoms. The second-order valence-electron chi connectivity index (χ2n) is 5.19. The third-order valence-corrected chi connectivity index (χ3v) is 4.35. The monoisotopic (exact) mass is 336 g/mol. The van der Waals surface area contributed by atoms with Crippen molar-refractivity contribution in [2.75, 3.05) is 17.2 Å². The van der Waals surface area contributed by atoms with Gasteiger partial charge in [-0.3, -0.25) is 0 Å². The number of aromatic nitrogens is 4. The van der Waals surface area contributed by atoms with Crippen molar-refractivity contribution in [3.63, 3.8) is 0 Å². The highest BCUT2D eigenvalue weighted by molar-refractivity contribution is 9.10. The highest BCUT2D eigenvalue weighted by atomic mass is 79.9. The van der Waals surface area contributed by atoms with Gasteiger partial charge < -0.3 is 10.6 Å². The SMILES string of the molecule is Cc1cnn(-c2nc(N)c(Br)c(N3CCCC3C)n2)c1. The average molecular weight is 337 g/mol. The molecular formula is C13H17BrN6. The summed E-state index contributed by atoms with van der Waals surface area (Å²) in [6.45, 7) is 5.18. The molecule has 0 aliphatic carbocycles. The Morgan fingerprint density at radius 1 is 1.40 bits per heavy atom. The minimum absolute atomic E-state index is 0.442. The van der Waals surface area contributed by atoms with E-state index in [-0.39, 0.29) is 0 Å². The van der Waals surface area contributed by atoms with Gasteiger partial charge in [0.05, 0.1) is 6.20 Å². The highest BCUT2D eigenvalue weighted by Gasteiger charge is 2.25. The number of rotatable bonds is 2. The van der Waals surface area contributed by atoms with E-state index in [0.717, 1.165) is 22.4 Å². The molecule has 1 unspecified atom stereocenters. The van der Waals surface area contributed by atoms with Gasteiger partial charge in [-0.1, -0.05) is 0 Å². The highest BCUT2D eigenvalue weighted by Crippen LogP contribution is 2.33. The van der Waals surface area contributed by atoms with Crippen LogP contribution in [0.2, 0.25) is 0 Å². The predicted molar refractivity (Wildman–Crippen MR) is 82.0 cm³/mol. The Hall–Kier alpha value is -1.63. The van der Waals surface area contributed by atoms with Crippen LogP contribution in [-0.2, 0) is 0 Å². The van der Waals surface area contributed by atoms with E-state index in [2.05, 4.69) is 42.8 Å². The Labute approximate surface area is 126 Å². The van der Waals surface area contributed by atoms with Crippen molar-refractivity contribution in [2.24, 2.45) is 0 Å². The predicted octanol–water partition coefficient (Wildman–Crippen LogP) is 2.30. The molecule has 0 aromatic carbocycles. The molecule has 1 atom stereocenters. The standard InChI is InChI=1S/C13H17BrN6/c1-8-6-16-20(7-8)13-17-11(15)10(14)12(18-13)19-5-3-4-9(19)2/h6-7,9H,3-5H2,1-2H3,(H2,15,17,18). The molecule has 106 valence electrons. The number of nitrogens with two attached hydrogens (primary N) is 1. The first-order chi connectivity index (χ1) is 9.56. The second kappa shape index (κ2) is 5.05. The fraction of sp³-hybridized carbons (Fsp3) is 0.462. The van der Waals surface area contributed by atoms with E-state index in [4.69, 9.17) is 5.73 Å². The van der Waals surface area contributed by atoms with E-state index in [1.807, 2.05) is 13.1 Å². The van der Waals surface area contributed by atoms with Gasteiger partial charge in [-0.05, 0) is 48.2 Å². The molecule has 3 rings (SSSR count). The van der Waals surface area contributed by atoms with Crippen LogP contribution in [0.25, 0.3) is 5.95 Å². The van der Waals surface area contributed by atoms with Crippen LogP contribution in [0.4, 0.5) is 11.6 Å². The van der Waals surface area contributed by atoms with Gasteiger partial charge in [-0.15, -0.1) is 0 Å². The number of aryl methyl sites for hydroxylation is 1. The van der Waals surface area contributed by atoms with E-state index >= 15 is 0 Å². The molecule has 0 radical (unpaired) electrons. The van der Waals surface area contributed by atoms with Gasteiger partial charge >= 0.3 is 0 Å². The molecule has 6 nitrogen and oxygen atoms in total. The van der Waals surface area contributed by atoms with Gasteiger partial charge in [0.2, 0.25) is 0 Å². The van der Waals surface area contributed by atoms with Gasteiger partial charge in [0, 0.05) is 18.8 Å². The maximum atomic E-state index is 6.01. The number of hydrogen-bond donors (Lipinski definition) is 1. The van der Waals surface area contributed by atoms with Crippen molar-refractivity contribution in [1.29, 1.82) is 0 Å². The Kier molecular flexibility index (Phi) is 3.37. The van der Waals surface area contributed by atoms with E-state index in [0.29, 0.717) is 17.8 Å². The maximum absolute atomic E-state index is 6.01. The largest absolute Gasteiger partial charge is 0.383 e. The Bertz CT molecular complexity index is 638. The lowest BCUT2D eigenvalue weighted by Crippen LogP contribution is -2.28. The van der Waals surface area contributed by atoms with Crippen LogP contribution in [0.5, 0.6) is 0 Å². The smallest absolute Gasteiger partial charge is 0.254 e. The van der Waals surface area contributed by atoms with Crippen LogP contribution in [0, 0.1) is 6.92 Å². The van der Waals surface area contributed by atoms with Gasteiger partial charge in [0.1, 0.15) is 10.3 Å². The molecule has 0 amide bonds. The summed E-state index contributed by atoms with van der Waals surface area (Å²) in [5, 5.41) is 4.25. The van der Waals surface area contributed by atoms with Crippen molar-refractivity contribution < 1.29 is 0 Å². The van der Waals surface area contributed by atoms with Crippen molar-refractivity contribution in [2.45, 2.75) is 32.7 Å². The summed E-state index contributed by atoms with van der Waals surface area (Å²) in [6.07, 6.45) is 6.01. The van der Waals surface area contributed by atoms with Crippen LogP contribution in [0.1, 0.15) is 25.3 Å². The molecule has 7 heteroatoms. The summed E-state index contributed by atoms with van der Waals surface area (Å²) in [6, 6.07) is 0.466. The fourth-order valence-corrected chi connectivity index (χ4v) is 2.91. The van der Waals surface area contributed by atoms with Gasteiger partial charge in [0.25, 0.3) is 5.95 Å². The molecule has 1 aliphatic heterocycles. The Morgan fingerprint density at radius 3 is 2.80 bits per heavy atom. The quantitative estimate of drug-likeness (QED) is 0.910. The van der Waals surface area contributed by atoms with Crippen LogP contribution < -0.4 is 10.6 Å². The third-order valence-electron chi connectivity index (χ3n) is 3.59. The molecule has 2 N–H and O–H groups in total. The maximum Gasteiger partial charge on any atom is 0.254 e. The number of nitrogen functional groups attached to an aromatic ring is 1. The Balaban J connectivity index is 2.08. The first-order valence-corrected chi connectivity index (χ1v) is 7.47. The van der Waals surface area contributed by atoms with Gasteiger partial charge in [-0.25, -0.2) is 4.68 Å². The molecule has 0 bridgehead atoms. The lowest BCUT2D eigenvalue weighted by molar-refractivity contribution is 0.717. The molecule has 1 fully saturated rings. The average Bonchev–Trinajstić information content (AvgIpc) is 3.01. The van der Waals surface area contributed by atoms with Gasteiger partial charge in [0.15, 0.2) is 5.82 Å². The zero-order valence-corrected chi connectivity index (χ0v) is 13.1. The number of nitrogens with zero attached hydrogens (tertiary/aromatic N) is 5. The second-order valence-corrected chi connectivity index (χ2v) is 5.99. The van der Waals surface area contributed by atoms with E-state index in [9.17, 15) is 0 Å². The summed E-state index contributed by atoms with van der Waals surface area (Å²) in [7, 11) is 0. The van der Waals surface area contributed by atoms with Crippen LogP contribution in [0.3, 0.4) is 0 Å². The van der Waals surface area contributed by atoms with Crippen molar-refractivity contribution in [3.05, 3.63) is 22.4 Å². The van der Waals surface area contributed by atoms with Crippen LogP contribution >= 0.6 is 15.9 Å². The third kappa shape index (κ3) is 2.26. The lowest BCUT2D eigenvalue weighted by Gasteiger charge is -2.24. The zero-order chi connectivity index (χ0) is 14.3. The minimum Gasteiger partial charge on any atom is -0.383 e. The first-order valence-electron chi connectivity index (χ1n) is 6.67. The molecule has 1 aliphatic rings. The van der Waals surface area contributed by atoms with Gasteiger partial charge in [-0.2, -0.15) is 15.1 Å². The first kappa shape index (κ1) is 13.4. The lowest BCUT2D eigenvalue weighted by atomic mass is 10.2. The summed E-state index contributed by atoms with van der Waals surface area (Å²) < 4.78 is 2.42. The van der Waals surface area contributed by atoms with Crippen molar-refractivity contribution >= 4 is 27.6 Å². The molecule has 2 aromatic heterocycles. The summed E-state index contributed by atoms with van der Waals surface area (Å²) in [5.41, 5.74) is 7.07. The van der Waals surface area contributed by atoms with Crippen LogP contribution in [-0.4, -0.2) is 32.3 Å². The van der Waals surface area contributed by atoms with E-state index in [1.165, 1.54) is 12.8 Å². The number of hydrogen-bond acceptors (Lipinski definition) is 5. The van der Waals surface area contributed by atoms with E-state index < -0.39 is 0 Å². The summed E-state index contributed by atoms with van der Waals surface area (Å²) in [5.74, 6) is 1.80. The van der Waals surface area contributed by atoms with Crippen molar-refractivity contribution in [3.8, 4) is 5.95 Å². The number of anilines is 2. The molecule has 20 heavy (non-hydrogen) atoms. The van der Waals surface area contributed by atoms with E-state index in [1.54, 1.807) is 10.9 Å². The topological polar surface area (TPSA) is 72.9 Å². The molecule has 2 aromatic rings. The van der Waals surface area contributed by atoms with Crippen molar-refractivity contribution in [1.82, 2.24) is 19.7 Å². The summed E-state index contributed by atoms with van der Waals surface area (Å²) in [4.78, 5) is 11.2. The molecule has 0 saturated carbocycles. The fourth-order valence-electron chi connectivity index (χ4n) is 2.50. The molecule has 1 saturated heterocycles. The number of halogens is 1. The molecular weight excluding hydrogens is 320 g/mol. The van der Waals surface area contributed by atoms with Crippen LogP contribution in [0.15, 0.2) is 16.9 Å². The Morgan fingerprint density at radius 2 is 2.20 bits per heavy atom. The normalized spacial score (nSPS) is 18.8. The minimum atomic E-state index is 0.442. The molecule has 3 heterocycles. The zero-order valence-electron chi connectivity index (χ0n) is 11.5.